The lowest BCUT2D eigenvalue weighted by Crippen LogP contribution is -2.20. The fourth-order valence-corrected chi connectivity index (χ4v) is 4.14. The predicted octanol–water partition coefficient (Wildman–Crippen LogP) is 6.25. The van der Waals surface area contributed by atoms with Crippen LogP contribution in [0.1, 0.15) is 128 Å². The summed E-state index contributed by atoms with van der Waals surface area (Å²) in [6.45, 7) is 1.57. The van der Waals surface area contributed by atoms with E-state index in [1.54, 1.807) is 0 Å². The van der Waals surface area contributed by atoms with Gasteiger partial charge in [0.15, 0.2) is 0 Å². The number of nitrogens with zero attached hydrogens (tertiary/aromatic N) is 1. The first-order valence-electron chi connectivity index (χ1n) is 13.7. The first kappa shape index (κ1) is 31.4. The van der Waals surface area contributed by atoms with Crippen molar-refractivity contribution < 1.29 is 19.7 Å². The van der Waals surface area contributed by atoms with Gasteiger partial charge < -0.3 is 19.8 Å². The zero-order valence-corrected chi connectivity index (χ0v) is 21.5. The highest BCUT2D eigenvalue weighted by Crippen LogP contribution is 2.18. The fourth-order valence-electron chi connectivity index (χ4n) is 4.14. The van der Waals surface area contributed by atoms with Gasteiger partial charge in [-0.15, -0.1) is 0 Å². The number of carbonyl (C=O) groups is 1. The summed E-state index contributed by atoms with van der Waals surface area (Å²) in [6.07, 6.45) is 22.5. The Hall–Kier alpha value is -0.650. The molecule has 192 valence electrons. The molecule has 2 N–H and O–H groups in total. The van der Waals surface area contributed by atoms with Crippen molar-refractivity contribution in [2.45, 2.75) is 135 Å². The standard InChI is InChI=1S/C27H55NO4/c1-28(2)23-19-22-27(31)32-26(20-15-11-7-3-5-9-13-17-24-29)21-16-12-8-4-6-10-14-18-25-30/h26,29-30H,3-25H2,1-2H3. The number of hydrogen-bond acceptors (Lipinski definition) is 5. The molecular formula is C27H55NO4. The van der Waals surface area contributed by atoms with Crippen molar-refractivity contribution in [2.75, 3.05) is 33.9 Å². The molecule has 0 amide bonds. The quantitative estimate of drug-likeness (QED) is 0.125. The van der Waals surface area contributed by atoms with E-state index < -0.39 is 0 Å². The van der Waals surface area contributed by atoms with E-state index in [4.69, 9.17) is 14.9 Å². The monoisotopic (exact) mass is 457 g/mol. The van der Waals surface area contributed by atoms with Gasteiger partial charge in [-0.3, -0.25) is 4.79 Å². The summed E-state index contributed by atoms with van der Waals surface area (Å²) >= 11 is 0. The number of unbranched alkanes of at least 4 members (excludes halogenated alkanes) is 14. The van der Waals surface area contributed by atoms with Crippen LogP contribution >= 0.6 is 0 Å². The lowest BCUT2D eigenvalue weighted by atomic mass is 10.0. The maximum Gasteiger partial charge on any atom is 0.306 e. The minimum atomic E-state index is -0.0235. The molecule has 0 fully saturated rings. The van der Waals surface area contributed by atoms with Crippen molar-refractivity contribution in [3.63, 3.8) is 0 Å². The lowest BCUT2D eigenvalue weighted by Gasteiger charge is -2.18. The second kappa shape index (κ2) is 25.0. The van der Waals surface area contributed by atoms with Gasteiger partial charge in [-0.25, -0.2) is 0 Å². The Labute approximate surface area is 199 Å². The van der Waals surface area contributed by atoms with Crippen molar-refractivity contribution in [3.05, 3.63) is 0 Å². The third kappa shape index (κ3) is 24.0. The molecule has 32 heavy (non-hydrogen) atoms. The Morgan fingerprint density at radius 2 is 1.00 bits per heavy atom. The molecule has 0 saturated carbocycles. The molecule has 0 atom stereocenters. The molecule has 5 nitrogen and oxygen atoms in total. The van der Waals surface area contributed by atoms with Crippen LogP contribution in [0.5, 0.6) is 0 Å². The van der Waals surface area contributed by atoms with Gasteiger partial charge in [-0.05, 0) is 65.6 Å². The molecule has 0 aromatic carbocycles. The largest absolute Gasteiger partial charge is 0.462 e. The molecule has 0 bridgehead atoms. The molecule has 0 aliphatic heterocycles. The lowest BCUT2D eigenvalue weighted by molar-refractivity contribution is -0.150. The maximum absolute atomic E-state index is 12.3. The van der Waals surface area contributed by atoms with Gasteiger partial charge in [0.25, 0.3) is 0 Å². The van der Waals surface area contributed by atoms with Gasteiger partial charge in [-0.1, -0.05) is 77.0 Å². The Kier molecular flexibility index (Phi) is 24.5. The second-order valence-electron chi connectivity index (χ2n) is 9.70. The summed E-state index contributed by atoms with van der Waals surface area (Å²) in [5.74, 6) is -0.0235. The Bertz CT molecular complexity index is 368. The number of esters is 1. The van der Waals surface area contributed by atoms with Gasteiger partial charge in [0, 0.05) is 19.6 Å². The zero-order valence-electron chi connectivity index (χ0n) is 21.5. The highest BCUT2D eigenvalue weighted by atomic mass is 16.5. The van der Waals surface area contributed by atoms with Gasteiger partial charge in [0.1, 0.15) is 6.10 Å². The molecule has 0 heterocycles. The Morgan fingerprint density at radius 1 is 0.625 bits per heavy atom. The van der Waals surface area contributed by atoms with E-state index in [2.05, 4.69) is 4.90 Å². The first-order valence-corrected chi connectivity index (χ1v) is 13.7. The number of aliphatic hydroxyl groups excluding tert-OH is 2. The molecule has 5 heteroatoms. The van der Waals surface area contributed by atoms with Crippen molar-refractivity contribution >= 4 is 5.97 Å². The molecule has 0 spiro atoms. The topological polar surface area (TPSA) is 70.0 Å². The van der Waals surface area contributed by atoms with Crippen molar-refractivity contribution in [1.82, 2.24) is 4.90 Å². The fraction of sp³-hybridized carbons (Fsp3) is 0.963. The number of ether oxygens (including phenoxy) is 1. The molecule has 0 aliphatic rings. The molecule has 0 aromatic heterocycles. The SMILES string of the molecule is CN(C)CCCC(=O)OC(CCCCCCCCCCO)CCCCCCCCCCO. The maximum atomic E-state index is 12.3. The van der Waals surface area contributed by atoms with Gasteiger partial charge in [0.2, 0.25) is 0 Å². The minimum Gasteiger partial charge on any atom is -0.462 e. The molecule has 0 radical (unpaired) electrons. The Balaban J connectivity index is 4.00. The van der Waals surface area contributed by atoms with Gasteiger partial charge in [-0.2, -0.15) is 0 Å². The molecule has 0 aliphatic carbocycles. The summed E-state index contributed by atoms with van der Waals surface area (Å²) in [5, 5.41) is 17.6. The number of rotatable bonds is 25. The summed E-state index contributed by atoms with van der Waals surface area (Å²) in [4.78, 5) is 14.4. The third-order valence-electron chi connectivity index (χ3n) is 6.15. The first-order chi connectivity index (χ1) is 15.6. The minimum absolute atomic E-state index is 0.0235. The third-order valence-corrected chi connectivity index (χ3v) is 6.15. The Morgan fingerprint density at radius 3 is 1.38 bits per heavy atom. The highest BCUT2D eigenvalue weighted by molar-refractivity contribution is 5.69. The van der Waals surface area contributed by atoms with E-state index in [-0.39, 0.29) is 12.1 Å². The number of aliphatic hydroxyl groups is 2. The van der Waals surface area contributed by atoms with Crippen LogP contribution in [0.3, 0.4) is 0 Å². The zero-order chi connectivity index (χ0) is 23.7. The van der Waals surface area contributed by atoms with Crippen LogP contribution in [0.2, 0.25) is 0 Å². The summed E-state index contributed by atoms with van der Waals surface area (Å²) in [6, 6.07) is 0. The van der Waals surface area contributed by atoms with Crippen molar-refractivity contribution in [1.29, 1.82) is 0 Å². The molecule has 0 saturated heterocycles. The number of carbonyl (C=O) groups excluding carboxylic acids is 1. The summed E-state index contributed by atoms with van der Waals surface area (Å²) in [5.41, 5.74) is 0. The van der Waals surface area contributed by atoms with Crippen molar-refractivity contribution in [2.24, 2.45) is 0 Å². The average Bonchev–Trinajstić information content (AvgIpc) is 2.76. The van der Waals surface area contributed by atoms with E-state index in [0.29, 0.717) is 19.6 Å². The van der Waals surface area contributed by atoms with E-state index >= 15 is 0 Å². The van der Waals surface area contributed by atoms with Crippen molar-refractivity contribution in [3.8, 4) is 0 Å². The normalized spacial score (nSPS) is 11.6. The van der Waals surface area contributed by atoms with Crippen LogP contribution < -0.4 is 0 Å². The molecule has 0 unspecified atom stereocenters. The summed E-state index contributed by atoms with van der Waals surface area (Å²) in [7, 11) is 4.07. The van der Waals surface area contributed by atoms with E-state index in [1.807, 2.05) is 14.1 Å². The smallest absolute Gasteiger partial charge is 0.306 e. The molecule has 0 aromatic rings. The molecule has 0 rings (SSSR count). The van der Waals surface area contributed by atoms with E-state index in [0.717, 1.165) is 64.3 Å². The number of hydrogen-bond donors (Lipinski definition) is 2. The van der Waals surface area contributed by atoms with Gasteiger partial charge in [0.05, 0.1) is 0 Å². The summed E-state index contributed by atoms with van der Waals surface area (Å²) < 4.78 is 5.87. The van der Waals surface area contributed by atoms with Gasteiger partial charge >= 0.3 is 5.97 Å². The average molecular weight is 458 g/mol. The molecular weight excluding hydrogens is 402 g/mol. The van der Waals surface area contributed by atoms with Crippen LogP contribution in [-0.2, 0) is 9.53 Å². The van der Waals surface area contributed by atoms with Crippen LogP contribution in [-0.4, -0.2) is 61.0 Å². The van der Waals surface area contributed by atoms with Crippen LogP contribution in [0.4, 0.5) is 0 Å². The van der Waals surface area contributed by atoms with E-state index in [1.165, 1.54) is 64.2 Å². The van der Waals surface area contributed by atoms with Crippen LogP contribution in [0, 0.1) is 0 Å². The second-order valence-corrected chi connectivity index (χ2v) is 9.70. The predicted molar refractivity (Wildman–Crippen MR) is 135 cm³/mol. The highest BCUT2D eigenvalue weighted by Gasteiger charge is 2.14. The van der Waals surface area contributed by atoms with Crippen LogP contribution in [0.15, 0.2) is 0 Å². The van der Waals surface area contributed by atoms with Crippen LogP contribution in [0.25, 0.3) is 0 Å². The van der Waals surface area contributed by atoms with E-state index in [9.17, 15) is 4.79 Å².